The smallest absolute Gasteiger partial charge is 0.255 e. The van der Waals surface area contributed by atoms with E-state index in [1.165, 1.54) is 11.1 Å². The van der Waals surface area contributed by atoms with Crippen LogP contribution in [0.5, 0.6) is 11.5 Å². The van der Waals surface area contributed by atoms with Crippen LogP contribution in [0.1, 0.15) is 91.1 Å². The Morgan fingerprint density at radius 1 is 0.659 bits per heavy atom. The quantitative estimate of drug-likeness (QED) is 0.0862. The number of nitrogens with one attached hydrogen (secondary N) is 2. The molecule has 0 fully saturated rings. The lowest BCUT2D eigenvalue weighted by molar-refractivity contribution is 0.0228. The molecule has 0 aromatic heterocycles. The van der Waals surface area contributed by atoms with E-state index in [0.717, 1.165) is 12.8 Å². The zero-order valence-electron chi connectivity index (χ0n) is 26.3. The summed E-state index contributed by atoms with van der Waals surface area (Å²) in [4.78, 5) is 24.5. The van der Waals surface area contributed by atoms with Gasteiger partial charge in [0.15, 0.2) is 6.79 Å². The SMILES string of the molecule is CCC(C)c1ccc(C(=O)Nc2ccccc2O)cc1.CCOCOc1ccccc1NC(=O)c1ccc(C(C)CC)cc1. The second-order valence-electron chi connectivity index (χ2n) is 10.5. The maximum atomic E-state index is 12.4. The van der Waals surface area contributed by atoms with E-state index in [4.69, 9.17) is 9.47 Å². The summed E-state index contributed by atoms with van der Waals surface area (Å²) in [7, 11) is 0. The molecular formula is C37H44N2O5. The molecule has 0 aliphatic heterocycles. The number of para-hydroxylation sites is 4. The van der Waals surface area contributed by atoms with Crippen molar-refractivity contribution < 1.29 is 24.2 Å². The first-order valence-electron chi connectivity index (χ1n) is 15.2. The van der Waals surface area contributed by atoms with E-state index < -0.39 is 0 Å². The van der Waals surface area contributed by atoms with Crippen molar-refractivity contribution in [3.05, 3.63) is 119 Å². The van der Waals surface area contributed by atoms with Crippen LogP contribution in [-0.2, 0) is 4.74 Å². The number of hydrogen-bond acceptors (Lipinski definition) is 5. The Balaban J connectivity index is 0.000000244. The summed E-state index contributed by atoms with van der Waals surface area (Å²) < 4.78 is 10.7. The van der Waals surface area contributed by atoms with Crippen LogP contribution in [0.4, 0.5) is 11.4 Å². The van der Waals surface area contributed by atoms with Crippen LogP contribution in [-0.4, -0.2) is 30.3 Å². The minimum atomic E-state index is -0.220. The Morgan fingerprint density at radius 2 is 1.11 bits per heavy atom. The Kier molecular flexibility index (Phi) is 13.5. The molecule has 0 aliphatic rings. The van der Waals surface area contributed by atoms with Crippen LogP contribution in [0.3, 0.4) is 0 Å². The lowest BCUT2D eigenvalue weighted by Gasteiger charge is -2.13. The van der Waals surface area contributed by atoms with Crippen molar-refractivity contribution in [3.8, 4) is 11.5 Å². The molecule has 7 heteroatoms. The van der Waals surface area contributed by atoms with Crippen molar-refractivity contribution in [1.82, 2.24) is 0 Å². The molecule has 4 rings (SSSR count). The molecule has 4 aromatic rings. The Morgan fingerprint density at radius 3 is 1.59 bits per heavy atom. The summed E-state index contributed by atoms with van der Waals surface area (Å²) >= 11 is 0. The fraction of sp³-hybridized carbons (Fsp3) is 0.297. The highest BCUT2D eigenvalue weighted by molar-refractivity contribution is 6.05. The molecule has 4 aromatic carbocycles. The molecule has 2 unspecified atom stereocenters. The zero-order chi connectivity index (χ0) is 31.9. The first-order chi connectivity index (χ1) is 21.3. The highest BCUT2D eigenvalue weighted by Gasteiger charge is 2.12. The second-order valence-corrected chi connectivity index (χ2v) is 10.5. The molecule has 3 N–H and O–H groups in total. The first-order valence-corrected chi connectivity index (χ1v) is 15.2. The van der Waals surface area contributed by atoms with Crippen molar-refractivity contribution in [2.75, 3.05) is 24.0 Å². The minimum Gasteiger partial charge on any atom is -0.506 e. The first kappa shape index (κ1) is 33.9. The number of phenolic OH excluding ortho intramolecular Hbond substituents is 1. The summed E-state index contributed by atoms with van der Waals surface area (Å²) in [5, 5.41) is 15.2. The number of rotatable bonds is 12. The third kappa shape index (κ3) is 9.99. The fourth-order valence-corrected chi connectivity index (χ4v) is 4.25. The number of carbonyl (C=O) groups excluding carboxylic acids is 2. The fourth-order valence-electron chi connectivity index (χ4n) is 4.25. The number of ether oxygens (including phenoxy) is 2. The van der Waals surface area contributed by atoms with Gasteiger partial charge in [-0.2, -0.15) is 0 Å². The van der Waals surface area contributed by atoms with Gasteiger partial charge in [0.1, 0.15) is 11.5 Å². The Bertz CT molecular complexity index is 1470. The molecule has 2 atom stereocenters. The summed E-state index contributed by atoms with van der Waals surface area (Å²) in [6.45, 7) is 11.3. The zero-order valence-corrected chi connectivity index (χ0v) is 26.3. The summed E-state index contributed by atoms with van der Waals surface area (Å²) in [5.41, 5.74) is 4.74. The monoisotopic (exact) mass is 596 g/mol. The Labute approximate surface area is 261 Å². The maximum Gasteiger partial charge on any atom is 0.255 e. The van der Waals surface area contributed by atoms with Crippen LogP contribution in [0, 0.1) is 0 Å². The second kappa shape index (κ2) is 17.5. The Hall–Kier alpha value is -4.62. The third-order valence-electron chi connectivity index (χ3n) is 7.50. The molecule has 2 amide bonds. The largest absolute Gasteiger partial charge is 0.506 e. The lowest BCUT2D eigenvalue weighted by Crippen LogP contribution is -2.13. The van der Waals surface area contributed by atoms with E-state index in [9.17, 15) is 14.7 Å². The average molecular weight is 597 g/mol. The van der Waals surface area contributed by atoms with Crippen molar-refractivity contribution >= 4 is 23.2 Å². The number of anilines is 2. The molecule has 0 saturated heterocycles. The molecular weight excluding hydrogens is 552 g/mol. The number of benzene rings is 4. The van der Waals surface area contributed by atoms with Crippen LogP contribution in [0.25, 0.3) is 0 Å². The molecule has 44 heavy (non-hydrogen) atoms. The van der Waals surface area contributed by atoms with E-state index in [1.54, 1.807) is 30.3 Å². The molecule has 0 bridgehead atoms. The molecule has 7 nitrogen and oxygen atoms in total. The van der Waals surface area contributed by atoms with Gasteiger partial charge >= 0.3 is 0 Å². The van der Waals surface area contributed by atoms with Crippen molar-refractivity contribution in [2.45, 2.75) is 59.3 Å². The molecule has 0 heterocycles. The third-order valence-corrected chi connectivity index (χ3v) is 7.50. The summed E-state index contributed by atoms with van der Waals surface area (Å²) in [5.74, 6) is 1.27. The summed E-state index contributed by atoms with van der Waals surface area (Å²) in [6, 6.07) is 29.4. The van der Waals surface area contributed by atoms with Gasteiger partial charge in [0.2, 0.25) is 0 Å². The molecule has 0 spiro atoms. The predicted molar refractivity (Wildman–Crippen MR) is 178 cm³/mol. The highest BCUT2D eigenvalue weighted by atomic mass is 16.7. The van der Waals surface area contributed by atoms with Crippen LogP contribution in [0.15, 0.2) is 97.1 Å². The van der Waals surface area contributed by atoms with Crippen LogP contribution < -0.4 is 15.4 Å². The minimum absolute atomic E-state index is 0.0667. The van der Waals surface area contributed by atoms with E-state index in [1.807, 2.05) is 73.7 Å². The van der Waals surface area contributed by atoms with Gasteiger partial charge in [0.05, 0.1) is 11.4 Å². The van der Waals surface area contributed by atoms with E-state index in [0.29, 0.717) is 46.7 Å². The van der Waals surface area contributed by atoms with Crippen molar-refractivity contribution in [2.24, 2.45) is 0 Å². The van der Waals surface area contributed by atoms with E-state index >= 15 is 0 Å². The molecule has 0 aliphatic carbocycles. The van der Waals surface area contributed by atoms with Crippen molar-refractivity contribution in [3.63, 3.8) is 0 Å². The van der Waals surface area contributed by atoms with Gasteiger partial charge in [-0.3, -0.25) is 9.59 Å². The average Bonchev–Trinajstić information content (AvgIpc) is 3.06. The van der Waals surface area contributed by atoms with Gasteiger partial charge < -0.3 is 25.2 Å². The van der Waals surface area contributed by atoms with Crippen LogP contribution >= 0.6 is 0 Å². The standard InChI is InChI=1S/C20H25NO3.C17H19NO2/c1-4-15(3)16-10-12-17(13-11-16)20(22)21-18-8-6-7-9-19(18)24-14-23-5-2;1-3-12(2)13-8-10-14(11-9-13)17(20)18-15-6-4-5-7-16(15)19/h6-13,15H,4-5,14H2,1-3H3,(H,21,22);4-12,19H,3H2,1-2H3,(H,18,20). The number of hydrogen-bond donors (Lipinski definition) is 3. The number of aromatic hydroxyl groups is 1. The molecule has 0 saturated carbocycles. The lowest BCUT2D eigenvalue weighted by atomic mass is 9.97. The van der Waals surface area contributed by atoms with Gasteiger partial charge in [-0.05, 0) is 91.3 Å². The van der Waals surface area contributed by atoms with Gasteiger partial charge in [-0.1, -0.05) is 76.2 Å². The van der Waals surface area contributed by atoms with Gasteiger partial charge in [0.25, 0.3) is 11.8 Å². The predicted octanol–water partition coefficient (Wildman–Crippen LogP) is 8.98. The topological polar surface area (TPSA) is 96.9 Å². The van der Waals surface area contributed by atoms with E-state index in [-0.39, 0.29) is 24.4 Å². The maximum absolute atomic E-state index is 12.4. The normalized spacial score (nSPS) is 11.8. The van der Waals surface area contributed by atoms with Crippen molar-refractivity contribution in [1.29, 1.82) is 0 Å². The number of amides is 2. The molecule has 232 valence electrons. The highest BCUT2D eigenvalue weighted by Crippen LogP contribution is 2.26. The van der Waals surface area contributed by atoms with Gasteiger partial charge in [-0.25, -0.2) is 0 Å². The molecule has 0 radical (unpaired) electrons. The number of phenols is 1. The van der Waals surface area contributed by atoms with Gasteiger partial charge in [0, 0.05) is 17.7 Å². The number of carbonyl (C=O) groups is 2. The van der Waals surface area contributed by atoms with Crippen LogP contribution in [0.2, 0.25) is 0 Å². The van der Waals surface area contributed by atoms with E-state index in [2.05, 4.69) is 38.3 Å². The van der Waals surface area contributed by atoms with Gasteiger partial charge in [-0.15, -0.1) is 0 Å². The summed E-state index contributed by atoms with van der Waals surface area (Å²) in [6.07, 6.45) is 2.15.